The number of azo groups is 1. The largest absolute Gasteiger partial charge is 1.00 e. The molecule has 1 saturated carbocycles. The van der Waals surface area contributed by atoms with Gasteiger partial charge >= 0.3 is 5.13 Å². The molecule has 5 rings (SSSR count). The molecule has 1 aliphatic carbocycles. The van der Waals surface area contributed by atoms with Crippen molar-refractivity contribution in [3.05, 3.63) is 71.8 Å². The zero-order chi connectivity index (χ0) is 35.2. The van der Waals surface area contributed by atoms with Gasteiger partial charge in [-0.3, -0.25) is 4.79 Å². The van der Waals surface area contributed by atoms with Crippen molar-refractivity contribution in [1.29, 1.82) is 0 Å². The van der Waals surface area contributed by atoms with E-state index in [1.807, 2.05) is 26.2 Å². The van der Waals surface area contributed by atoms with Gasteiger partial charge < -0.3 is 60.2 Å². The van der Waals surface area contributed by atoms with Crippen LogP contribution in [-0.2, 0) is 23.0 Å². The summed E-state index contributed by atoms with van der Waals surface area (Å²) in [6.07, 6.45) is 6.65. The van der Waals surface area contributed by atoms with Crippen molar-refractivity contribution in [2.24, 2.45) is 17.3 Å². The number of aromatic nitrogens is 2. The van der Waals surface area contributed by atoms with E-state index in [2.05, 4.69) is 72.2 Å². The first-order valence-corrected chi connectivity index (χ1v) is 17.3. The SMILES string of the molecule is CNc1ccc(Cc2ccc(Nc3cc(NC(C)=O)c(N=Nc4sc(N(CCO)C5CCCCC5)n[n+]4C)cc3OC)cc2)cc1.COC.[Cl-].[Cl-]. The summed E-state index contributed by atoms with van der Waals surface area (Å²) in [5.41, 5.74) is 6.03. The van der Waals surface area contributed by atoms with Crippen LogP contribution < -0.4 is 55.1 Å². The van der Waals surface area contributed by atoms with E-state index in [4.69, 9.17) is 9.84 Å². The summed E-state index contributed by atoms with van der Waals surface area (Å²) in [4.78, 5) is 14.4. The summed E-state index contributed by atoms with van der Waals surface area (Å²) in [6.45, 7) is 2.05. The maximum absolute atomic E-state index is 12.2. The first-order chi connectivity index (χ1) is 23.8. The number of methoxy groups -OCH3 is 2. The lowest BCUT2D eigenvalue weighted by Crippen LogP contribution is -3.00. The van der Waals surface area contributed by atoms with Crippen LogP contribution in [0.3, 0.4) is 0 Å². The smallest absolute Gasteiger partial charge is 0.431 e. The summed E-state index contributed by atoms with van der Waals surface area (Å²) in [7, 11) is 8.59. The number of anilines is 5. The minimum Gasteiger partial charge on any atom is -1.00 e. The Labute approximate surface area is 317 Å². The zero-order valence-corrected chi connectivity index (χ0v) is 32.4. The number of aliphatic hydroxyl groups is 1. The van der Waals surface area contributed by atoms with Gasteiger partial charge in [-0.2, -0.15) is 0 Å². The molecule has 1 heterocycles. The van der Waals surface area contributed by atoms with Gasteiger partial charge in [0.05, 0.1) is 30.2 Å². The lowest BCUT2D eigenvalue weighted by Gasteiger charge is -2.32. The first kappa shape index (κ1) is 43.2. The van der Waals surface area contributed by atoms with Crippen molar-refractivity contribution < 1.29 is 48.9 Å². The lowest BCUT2D eigenvalue weighted by atomic mass is 9.94. The standard InChI is InChI=1S/C34H42N8O3S.C2H6O.2ClH/c1-23(44)36-29-21-31(37-27-16-12-25(13-17-27)20-24-10-14-26(35-2)15-11-24)32(45-4)22-30(29)38-39-33-41(3)40-34(46-33)42(18-19-43)28-8-6-5-7-9-28;1-3-2;;/h10-17,21-22,28,35,43H,5-9,18-20H2,1-4H3,(H,36,37,44);1-2H3;2*1H/p-1. The predicted molar refractivity (Wildman–Crippen MR) is 198 cm³/mol. The quantitative estimate of drug-likeness (QED) is 0.118. The number of ether oxygens (including phenoxy) is 2. The van der Waals surface area contributed by atoms with Gasteiger partial charge in [0.15, 0.2) is 0 Å². The van der Waals surface area contributed by atoms with Crippen molar-refractivity contribution in [1.82, 2.24) is 5.10 Å². The molecule has 0 radical (unpaired) electrons. The molecule has 51 heavy (non-hydrogen) atoms. The second-order valence-corrected chi connectivity index (χ2v) is 12.7. The van der Waals surface area contributed by atoms with E-state index in [-0.39, 0.29) is 37.3 Å². The number of nitrogens with one attached hydrogen (secondary N) is 3. The second-order valence-electron chi connectivity index (χ2n) is 11.8. The van der Waals surface area contributed by atoms with E-state index >= 15 is 0 Å². The molecule has 278 valence electrons. The number of carbonyl (C=O) groups excluding carboxylic acids is 1. The number of aryl methyl sites for hydroxylation is 1. The van der Waals surface area contributed by atoms with Crippen LogP contribution in [0.15, 0.2) is 70.9 Å². The summed E-state index contributed by atoms with van der Waals surface area (Å²) in [5.74, 6) is 0.329. The number of nitrogens with zero attached hydrogens (tertiary/aromatic N) is 5. The topological polar surface area (TPSA) is 137 Å². The highest BCUT2D eigenvalue weighted by molar-refractivity contribution is 7.18. The second kappa shape index (κ2) is 22.0. The third-order valence-corrected chi connectivity index (χ3v) is 9.08. The highest BCUT2D eigenvalue weighted by Crippen LogP contribution is 2.39. The van der Waals surface area contributed by atoms with Gasteiger partial charge in [0, 0.05) is 58.2 Å². The number of hydrogen-bond acceptors (Lipinski definition) is 11. The fourth-order valence-electron chi connectivity index (χ4n) is 5.67. The van der Waals surface area contributed by atoms with Gasteiger partial charge in [-0.15, -0.1) is 4.68 Å². The molecule has 0 aliphatic heterocycles. The number of hydrogen-bond donors (Lipinski definition) is 4. The molecule has 12 nitrogen and oxygen atoms in total. The van der Waals surface area contributed by atoms with E-state index in [9.17, 15) is 9.90 Å². The third kappa shape index (κ3) is 12.6. The van der Waals surface area contributed by atoms with E-state index in [1.54, 1.807) is 38.1 Å². The Bertz CT molecular complexity index is 1670. The molecule has 0 unspecified atom stereocenters. The van der Waals surface area contributed by atoms with Gasteiger partial charge in [-0.05, 0) is 77.2 Å². The minimum absolute atomic E-state index is 0. The Hall–Kier alpha value is -4.01. The lowest BCUT2D eigenvalue weighted by molar-refractivity contribution is -0.712. The average molecular weight is 761 g/mol. The van der Waals surface area contributed by atoms with Crippen LogP contribution >= 0.6 is 11.3 Å². The maximum atomic E-state index is 12.2. The van der Waals surface area contributed by atoms with Crippen molar-refractivity contribution in [3.8, 4) is 5.75 Å². The number of halogens is 2. The third-order valence-electron chi connectivity index (χ3n) is 8.05. The Morgan fingerprint density at radius 2 is 1.57 bits per heavy atom. The highest BCUT2D eigenvalue weighted by atomic mass is 35.5. The molecule has 4 N–H and O–H groups in total. The number of benzene rings is 3. The Balaban J connectivity index is 0.00000174. The summed E-state index contributed by atoms with van der Waals surface area (Å²) in [5, 5.41) is 34.3. The van der Waals surface area contributed by atoms with Crippen molar-refractivity contribution >= 4 is 55.9 Å². The van der Waals surface area contributed by atoms with Crippen molar-refractivity contribution in [3.63, 3.8) is 0 Å². The Morgan fingerprint density at radius 3 is 2.12 bits per heavy atom. The van der Waals surface area contributed by atoms with Crippen LogP contribution in [0.5, 0.6) is 5.75 Å². The number of aliphatic hydroxyl groups excluding tert-OH is 1. The number of amides is 1. The van der Waals surface area contributed by atoms with Crippen molar-refractivity contribution in [2.75, 3.05) is 62.4 Å². The number of carbonyl (C=O) groups is 1. The molecule has 4 aromatic rings. The van der Waals surface area contributed by atoms with Crippen LogP contribution in [-0.4, -0.2) is 63.7 Å². The molecule has 0 bridgehead atoms. The molecule has 0 atom stereocenters. The Kier molecular flexibility index (Phi) is 18.6. The molecular weight excluding hydrogens is 711 g/mol. The van der Waals surface area contributed by atoms with Crippen molar-refractivity contribution in [2.45, 2.75) is 51.5 Å². The fourth-order valence-corrected chi connectivity index (χ4v) is 6.61. The minimum atomic E-state index is -0.225. The van der Waals surface area contributed by atoms with Crippen LogP contribution in [0, 0.1) is 0 Å². The number of rotatable bonds is 13. The molecule has 1 aliphatic rings. The molecule has 1 aromatic heterocycles. The van der Waals surface area contributed by atoms with Crippen LogP contribution in [0.2, 0.25) is 0 Å². The highest BCUT2D eigenvalue weighted by Gasteiger charge is 2.27. The maximum Gasteiger partial charge on any atom is 0.431 e. The van der Waals surface area contributed by atoms with Gasteiger partial charge in [0.2, 0.25) is 11.0 Å². The van der Waals surface area contributed by atoms with E-state index in [0.29, 0.717) is 40.5 Å². The Morgan fingerprint density at radius 1 is 0.961 bits per heavy atom. The fraction of sp³-hybridized carbons (Fsp3) is 0.417. The monoisotopic (exact) mass is 759 g/mol. The van der Waals surface area contributed by atoms with Crippen LogP contribution in [0.25, 0.3) is 0 Å². The molecule has 3 aromatic carbocycles. The molecule has 0 saturated heterocycles. The van der Waals surface area contributed by atoms with Gasteiger partial charge in [0.1, 0.15) is 18.5 Å². The van der Waals surface area contributed by atoms with E-state index < -0.39 is 0 Å². The van der Waals surface area contributed by atoms with Crippen LogP contribution in [0.4, 0.5) is 38.7 Å². The summed E-state index contributed by atoms with van der Waals surface area (Å²) in [6, 6.07) is 20.6. The van der Waals surface area contributed by atoms with Gasteiger partial charge in [0.25, 0.3) is 0 Å². The molecule has 1 amide bonds. The zero-order valence-electron chi connectivity index (χ0n) is 30.1. The summed E-state index contributed by atoms with van der Waals surface area (Å²) < 4.78 is 11.7. The molecule has 15 heteroatoms. The average Bonchev–Trinajstić information content (AvgIpc) is 3.48. The van der Waals surface area contributed by atoms with Crippen LogP contribution in [0.1, 0.15) is 50.2 Å². The molecule has 1 fully saturated rings. The van der Waals surface area contributed by atoms with Gasteiger partial charge in [-0.25, -0.2) is 0 Å². The molecular formula is C36H49Cl2N8O4S-. The van der Waals surface area contributed by atoms with E-state index in [0.717, 1.165) is 35.8 Å². The predicted octanol–water partition coefficient (Wildman–Crippen LogP) is 1.13. The first-order valence-electron chi connectivity index (χ1n) is 16.5. The summed E-state index contributed by atoms with van der Waals surface area (Å²) >= 11 is 1.43. The van der Waals surface area contributed by atoms with E-state index in [1.165, 1.54) is 48.6 Å². The van der Waals surface area contributed by atoms with Gasteiger partial charge in [-0.1, -0.05) is 48.6 Å². The molecule has 0 spiro atoms. The normalized spacial score (nSPS) is 12.5.